The molecular weight excluding hydrogens is 314 g/mol. The minimum Gasteiger partial charge on any atom is -0.354 e. The molecule has 0 aliphatic heterocycles. The van der Waals surface area contributed by atoms with E-state index in [-0.39, 0.29) is 23.3 Å². The summed E-state index contributed by atoms with van der Waals surface area (Å²) in [6, 6.07) is -0.172. The first-order valence-electron chi connectivity index (χ1n) is 9.83. The highest BCUT2D eigenvalue weighted by Gasteiger charge is 2.39. The van der Waals surface area contributed by atoms with E-state index in [1.54, 1.807) is 0 Å². The van der Waals surface area contributed by atoms with Crippen molar-refractivity contribution in [2.45, 2.75) is 81.6 Å². The van der Waals surface area contributed by atoms with Crippen LogP contribution in [0.15, 0.2) is 0 Å². The molecule has 1 atom stereocenters. The molecule has 0 saturated heterocycles. The number of urea groups is 1. The van der Waals surface area contributed by atoms with Gasteiger partial charge in [0.05, 0.1) is 0 Å². The molecule has 1 unspecified atom stereocenters. The summed E-state index contributed by atoms with van der Waals surface area (Å²) < 4.78 is 0. The van der Waals surface area contributed by atoms with E-state index >= 15 is 0 Å². The molecule has 150 valence electrons. The first-order valence-corrected chi connectivity index (χ1v) is 9.83. The smallest absolute Gasteiger partial charge is 0.314 e. The topological polar surface area (TPSA) is 70.2 Å². The molecule has 5 nitrogen and oxygen atoms in total. The lowest BCUT2D eigenvalue weighted by atomic mass is 9.68. The highest BCUT2D eigenvalue weighted by Crippen LogP contribution is 2.39. The fourth-order valence-corrected chi connectivity index (χ4v) is 2.64. The SMILES string of the molecule is CC.CCCCNC(=O)NCCNC(=O)C(C)(CC(C)(C)C)C(C)C. The predicted molar refractivity (Wildman–Crippen MR) is 108 cm³/mol. The van der Waals surface area contributed by atoms with Gasteiger partial charge in [0.2, 0.25) is 5.91 Å². The molecule has 0 aromatic carbocycles. The molecule has 0 fully saturated rings. The minimum atomic E-state index is -0.401. The Balaban J connectivity index is 0. The molecule has 0 radical (unpaired) electrons. The zero-order chi connectivity index (χ0) is 20.1. The highest BCUT2D eigenvalue weighted by molar-refractivity contribution is 5.82. The Morgan fingerprint density at radius 1 is 0.880 bits per heavy atom. The molecule has 5 heteroatoms. The second kappa shape index (κ2) is 13.0. The van der Waals surface area contributed by atoms with Gasteiger partial charge in [-0.05, 0) is 24.2 Å². The zero-order valence-corrected chi connectivity index (χ0v) is 18.1. The predicted octanol–water partition coefficient (Wildman–Crippen LogP) is 4.33. The number of hydrogen-bond donors (Lipinski definition) is 3. The minimum absolute atomic E-state index is 0.0654. The van der Waals surface area contributed by atoms with Crippen molar-refractivity contribution in [2.24, 2.45) is 16.7 Å². The van der Waals surface area contributed by atoms with E-state index in [1.807, 2.05) is 20.8 Å². The standard InChI is InChI=1S/C18H37N3O2.C2H6/c1-8-9-10-20-16(23)21-12-11-19-15(22)18(7,14(2)3)13-17(4,5)6;1-2/h14H,8-13H2,1-7H3,(H,19,22)(H2,20,21,23);1-2H3. The maximum absolute atomic E-state index is 12.6. The van der Waals surface area contributed by atoms with E-state index in [4.69, 9.17) is 0 Å². The van der Waals surface area contributed by atoms with Crippen LogP contribution in [0.4, 0.5) is 4.79 Å². The largest absolute Gasteiger partial charge is 0.354 e. The average molecular weight is 358 g/mol. The van der Waals surface area contributed by atoms with Crippen LogP contribution < -0.4 is 16.0 Å². The van der Waals surface area contributed by atoms with E-state index in [9.17, 15) is 9.59 Å². The summed E-state index contributed by atoms with van der Waals surface area (Å²) in [5.41, 5.74) is -0.310. The van der Waals surface area contributed by atoms with Crippen LogP contribution in [0.2, 0.25) is 0 Å². The number of unbranched alkanes of at least 4 members (excludes halogenated alkanes) is 1. The van der Waals surface area contributed by atoms with Crippen molar-refractivity contribution in [1.82, 2.24) is 16.0 Å². The Kier molecular flexibility index (Phi) is 13.5. The number of hydrogen-bond acceptors (Lipinski definition) is 2. The second-order valence-electron chi connectivity index (χ2n) is 8.10. The third-order valence-corrected chi connectivity index (χ3v) is 4.20. The van der Waals surface area contributed by atoms with Gasteiger partial charge in [-0.25, -0.2) is 4.79 Å². The molecule has 0 aromatic rings. The van der Waals surface area contributed by atoms with Crippen molar-refractivity contribution in [3.63, 3.8) is 0 Å². The van der Waals surface area contributed by atoms with Gasteiger partial charge in [-0.15, -0.1) is 0 Å². The molecule has 0 saturated carbocycles. The third kappa shape index (κ3) is 11.8. The zero-order valence-electron chi connectivity index (χ0n) is 18.1. The Morgan fingerprint density at radius 2 is 1.36 bits per heavy atom. The summed E-state index contributed by atoms with van der Waals surface area (Å²) in [6.07, 6.45) is 2.86. The van der Waals surface area contributed by atoms with Crippen molar-refractivity contribution in [3.05, 3.63) is 0 Å². The molecule has 0 aromatic heterocycles. The fraction of sp³-hybridized carbons (Fsp3) is 0.900. The van der Waals surface area contributed by atoms with Crippen molar-refractivity contribution in [1.29, 1.82) is 0 Å². The summed E-state index contributed by atoms with van der Waals surface area (Å²) in [4.78, 5) is 24.1. The molecule has 0 aliphatic carbocycles. The van der Waals surface area contributed by atoms with Crippen LogP contribution >= 0.6 is 0 Å². The van der Waals surface area contributed by atoms with Gasteiger partial charge in [-0.1, -0.05) is 68.7 Å². The third-order valence-electron chi connectivity index (χ3n) is 4.20. The van der Waals surface area contributed by atoms with Crippen LogP contribution in [-0.4, -0.2) is 31.6 Å². The van der Waals surface area contributed by atoms with E-state index < -0.39 is 5.41 Å². The maximum Gasteiger partial charge on any atom is 0.314 e. The van der Waals surface area contributed by atoms with Gasteiger partial charge < -0.3 is 16.0 Å². The summed E-state index contributed by atoms with van der Waals surface area (Å²) in [5.74, 6) is 0.322. The van der Waals surface area contributed by atoms with Crippen molar-refractivity contribution < 1.29 is 9.59 Å². The first-order chi connectivity index (χ1) is 11.5. The van der Waals surface area contributed by atoms with Crippen LogP contribution in [0.3, 0.4) is 0 Å². The van der Waals surface area contributed by atoms with E-state index in [0.717, 1.165) is 19.3 Å². The lowest BCUT2D eigenvalue weighted by Gasteiger charge is -2.37. The van der Waals surface area contributed by atoms with Gasteiger partial charge in [0.1, 0.15) is 0 Å². The number of rotatable bonds is 9. The van der Waals surface area contributed by atoms with Crippen LogP contribution in [0.1, 0.15) is 81.6 Å². The fourth-order valence-electron chi connectivity index (χ4n) is 2.64. The van der Waals surface area contributed by atoms with Gasteiger partial charge in [-0.3, -0.25) is 4.79 Å². The lowest BCUT2D eigenvalue weighted by molar-refractivity contribution is -0.134. The molecule has 0 rings (SSSR count). The van der Waals surface area contributed by atoms with E-state index in [1.165, 1.54) is 0 Å². The van der Waals surface area contributed by atoms with Crippen LogP contribution in [0.5, 0.6) is 0 Å². The lowest BCUT2D eigenvalue weighted by Crippen LogP contribution is -2.47. The maximum atomic E-state index is 12.6. The van der Waals surface area contributed by atoms with Gasteiger partial charge in [0.25, 0.3) is 0 Å². The Hall–Kier alpha value is -1.26. The Bertz CT molecular complexity index is 376. The molecule has 0 heterocycles. The van der Waals surface area contributed by atoms with E-state index in [0.29, 0.717) is 19.6 Å². The van der Waals surface area contributed by atoms with Crippen molar-refractivity contribution in [2.75, 3.05) is 19.6 Å². The van der Waals surface area contributed by atoms with Gasteiger partial charge in [0, 0.05) is 25.0 Å². The summed E-state index contributed by atoms with van der Waals surface area (Å²) in [6.45, 7) is 20.3. The molecule has 25 heavy (non-hydrogen) atoms. The number of carbonyl (C=O) groups excluding carboxylic acids is 2. The van der Waals surface area contributed by atoms with E-state index in [2.05, 4.69) is 57.5 Å². The molecule has 0 spiro atoms. The van der Waals surface area contributed by atoms with Crippen LogP contribution in [0.25, 0.3) is 0 Å². The highest BCUT2D eigenvalue weighted by atomic mass is 16.2. The monoisotopic (exact) mass is 357 g/mol. The number of amides is 3. The average Bonchev–Trinajstić information content (AvgIpc) is 2.51. The van der Waals surface area contributed by atoms with Crippen LogP contribution in [0, 0.1) is 16.7 Å². The Labute approximate surface area is 156 Å². The van der Waals surface area contributed by atoms with Gasteiger partial charge in [0.15, 0.2) is 0 Å². The number of nitrogens with one attached hydrogen (secondary N) is 3. The Morgan fingerprint density at radius 3 is 1.80 bits per heavy atom. The normalized spacial score (nSPS) is 13.4. The molecule has 3 amide bonds. The van der Waals surface area contributed by atoms with Crippen LogP contribution in [-0.2, 0) is 4.79 Å². The van der Waals surface area contributed by atoms with Gasteiger partial charge in [-0.2, -0.15) is 0 Å². The summed E-state index contributed by atoms with van der Waals surface area (Å²) >= 11 is 0. The molecule has 0 bridgehead atoms. The molecule has 3 N–H and O–H groups in total. The van der Waals surface area contributed by atoms with Crippen molar-refractivity contribution in [3.8, 4) is 0 Å². The number of carbonyl (C=O) groups is 2. The second-order valence-corrected chi connectivity index (χ2v) is 8.10. The molecular formula is C20H43N3O2. The summed E-state index contributed by atoms with van der Waals surface area (Å²) in [7, 11) is 0. The van der Waals surface area contributed by atoms with Crippen molar-refractivity contribution >= 4 is 11.9 Å². The first kappa shape index (κ1) is 26.0. The summed E-state index contributed by atoms with van der Waals surface area (Å²) in [5, 5.41) is 8.52. The van der Waals surface area contributed by atoms with Gasteiger partial charge >= 0.3 is 6.03 Å². The molecule has 0 aliphatic rings. The quantitative estimate of drug-likeness (QED) is 0.538.